The lowest BCUT2D eigenvalue weighted by Crippen LogP contribution is -1.92. The van der Waals surface area contributed by atoms with Crippen LogP contribution in [0.15, 0.2) is 40.4 Å². The molecule has 84 valence electrons. The Bertz CT molecular complexity index is 459. The number of aryl methyl sites for hydroxylation is 1. The molecule has 0 spiro atoms. The number of benzene rings is 1. The number of nitrogens with zero attached hydrogens (tertiary/aromatic N) is 3. The van der Waals surface area contributed by atoms with Crippen LogP contribution >= 0.6 is 11.8 Å². The average molecular weight is 233 g/mol. The van der Waals surface area contributed by atoms with E-state index in [4.69, 9.17) is 0 Å². The van der Waals surface area contributed by atoms with Gasteiger partial charge in [-0.15, -0.1) is 5.10 Å². The Labute approximate surface area is 99.9 Å². The van der Waals surface area contributed by atoms with E-state index >= 15 is 0 Å². The van der Waals surface area contributed by atoms with E-state index in [0.29, 0.717) is 5.92 Å². The average Bonchev–Trinajstić information content (AvgIpc) is 2.65. The van der Waals surface area contributed by atoms with Gasteiger partial charge in [-0.25, -0.2) is 4.68 Å². The van der Waals surface area contributed by atoms with Crippen LogP contribution in [-0.4, -0.2) is 15.0 Å². The van der Waals surface area contributed by atoms with Crippen molar-refractivity contribution in [3.8, 4) is 0 Å². The van der Waals surface area contributed by atoms with E-state index in [2.05, 4.69) is 48.4 Å². The van der Waals surface area contributed by atoms with Crippen molar-refractivity contribution in [1.82, 2.24) is 15.0 Å². The fourth-order valence-electron chi connectivity index (χ4n) is 1.41. The molecule has 0 aliphatic heterocycles. The minimum Gasteiger partial charge on any atom is -0.242 e. The minimum absolute atomic E-state index is 0.581. The van der Waals surface area contributed by atoms with Crippen LogP contribution < -0.4 is 0 Å². The normalized spacial score (nSPS) is 11.0. The van der Waals surface area contributed by atoms with E-state index in [1.54, 1.807) is 22.6 Å². The van der Waals surface area contributed by atoms with E-state index in [0.717, 1.165) is 5.03 Å². The van der Waals surface area contributed by atoms with E-state index in [9.17, 15) is 0 Å². The van der Waals surface area contributed by atoms with Gasteiger partial charge in [0, 0.05) is 11.9 Å². The van der Waals surface area contributed by atoms with Crippen LogP contribution in [0.1, 0.15) is 25.3 Å². The zero-order valence-corrected chi connectivity index (χ0v) is 10.5. The van der Waals surface area contributed by atoms with Crippen molar-refractivity contribution in [2.24, 2.45) is 7.05 Å². The summed E-state index contributed by atoms with van der Waals surface area (Å²) in [5, 5.41) is 8.81. The summed E-state index contributed by atoms with van der Waals surface area (Å²) < 4.78 is 1.78. The van der Waals surface area contributed by atoms with Crippen molar-refractivity contribution >= 4 is 11.8 Å². The third kappa shape index (κ3) is 2.44. The molecule has 4 heteroatoms. The number of aromatic nitrogens is 3. The molecule has 2 rings (SSSR count). The maximum absolute atomic E-state index is 3.90. The highest BCUT2D eigenvalue weighted by Gasteiger charge is 2.03. The van der Waals surface area contributed by atoms with Crippen LogP contribution in [-0.2, 0) is 7.05 Å². The van der Waals surface area contributed by atoms with Gasteiger partial charge in [0.05, 0.1) is 6.20 Å². The predicted octanol–water partition coefficient (Wildman–Crippen LogP) is 3.09. The van der Waals surface area contributed by atoms with E-state index < -0.39 is 0 Å². The summed E-state index contributed by atoms with van der Waals surface area (Å²) in [4.78, 5) is 1.22. The zero-order chi connectivity index (χ0) is 11.5. The molecule has 0 unspecified atom stereocenters. The SMILES string of the molecule is CC(C)c1ccc(Sc2cnnn2C)cc1. The van der Waals surface area contributed by atoms with Gasteiger partial charge in [-0.2, -0.15) is 0 Å². The lowest BCUT2D eigenvalue weighted by Gasteiger charge is -2.06. The molecular formula is C12H15N3S. The lowest BCUT2D eigenvalue weighted by atomic mass is 10.0. The van der Waals surface area contributed by atoms with Crippen molar-refractivity contribution in [2.75, 3.05) is 0 Å². The van der Waals surface area contributed by atoms with E-state index in [1.807, 2.05) is 7.05 Å². The van der Waals surface area contributed by atoms with Crippen LogP contribution in [0.2, 0.25) is 0 Å². The molecule has 2 aromatic rings. The molecule has 0 amide bonds. The quantitative estimate of drug-likeness (QED) is 0.816. The minimum atomic E-state index is 0.581. The molecule has 3 nitrogen and oxygen atoms in total. The molecular weight excluding hydrogens is 218 g/mol. The molecule has 0 saturated heterocycles. The maximum Gasteiger partial charge on any atom is 0.119 e. The highest BCUT2D eigenvalue weighted by molar-refractivity contribution is 7.99. The molecule has 0 N–H and O–H groups in total. The van der Waals surface area contributed by atoms with Crippen LogP contribution in [0, 0.1) is 0 Å². The molecule has 1 heterocycles. The topological polar surface area (TPSA) is 30.7 Å². The number of rotatable bonds is 3. The second-order valence-corrected chi connectivity index (χ2v) is 5.12. The summed E-state index contributed by atoms with van der Waals surface area (Å²) in [6, 6.07) is 8.65. The Morgan fingerprint density at radius 1 is 1.19 bits per heavy atom. The molecule has 1 aromatic carbocycles. The van der Waals surface area contributed by atoms with Gasteiger partial charge in [0.1, 0.15) is 5.03 Å². The van der Waals surface area contributed by atoms with Crippen molar-refractivity contribution < 1.29 is 0 Å². The van der Waals surface area contributed by atoms with Gasteiger partial charge in [0.2, 0.25) is 0 Å². The molecule has 0 aliphatic carbocycles. The molecule has 0 radical (unpaired) electrons. The van der Waals surface area contributed by atoms with Gasteiger partial charge in [0.25, 0.3) is 0 Å². The Kier molecular flexibility index (Phi) is 3.29. The van der Waals surface area contributed by atoms with Crippen molar-refractivity contribution in [3.05, 3.63) is 36.0 Å². The standard InChI is InChI=1S/C12H15N3S/c1-9(2)10-4-6-11(7-5-10)16-12-8-13-14-15(12)3/h4-9H,1-3H3. The summed E-state index contributed by atoms with van der Waals surface area (Å²) in [7, 11) is 1.90. The fraction of sp³-hybridized carbons (Fsp3) is 0.333. The highest BCUT2D eigenvalue weighted by Crippen LogP contribution is 2.27. The molecule has 0 aliphatic rings. The summed E-state index contributed by atoms with van der Waals surface area (Å²) in [5.41, 5.74) is 1.37. The summed E-state index contributed by atoms with van der Waals surface area (Å²) in [6.45, 7) is 4.40. The Morgan fingerprint density at radius 2 is 1.88 bits per heavy atom. The van der Waals surface area contributed by atoms with Crippen molar-refractivity contribution in [1.29, 1.82) is 0 Å². The van der Waals surface area contributed by atoms with Crippen LogP contribution in [0.5, 0.6) is 0 Å². The van der Waals surface area contributed by atoms with E-state index in [-0.39, 0.29) is 0 Å². The van der Waals surface area contributed by atoms with Gasteiger partial charge in [-0.1, -0.05) is 43.0 Å². The Balaban J connectivity index is 2.14. The van der Waals surface area contributed by atoms with Gasteiger partial charge >= 0.3 is 0 Å². The predicted molar refractivity (Wildman–Crippen MR) is 65.7 cm³/mol. The van der Waals surface area contributed by atoms with Gasteiger partial charge in [-0.3, -0.25) is 0 Å². The lowest BCUT2D eigenvalue weighted by molar-refractivity contribution is 0.665. The van der Waals surface area contributed by atoms with Crippen LogP contribution in [0.4, 0.5) is 0 Å². The van der Waals surface area contributed by atoms with Crippen LogP contribution in [0.25, 0.3) is 0 Å². The van der Waals surface area contributed by atoms with E-state index in [1.165, 1.54) is 10.5 Å². The summed E-state index contributed by atoms with van der Waals surface area (Å²) in [6.07, 6.45) is 1.78. The summed E-state index contributed by atoms with van der Waals surface area (Å²) >= 11 is 1.68. The number of hydrogen-bond donors (Lipinski definition) is 0. The molecule has 0 bridgehead atoms. The molecule has 1 aromatic heterocycles. The first kappa shape index (κ1) is 11.2. The Hall–Kier alpha value is -1.29. The van der Waals surface area contributed by atoms with Gasteiger partial charge < -0.3 is 0 Å². The largest absolute Gasteiger partial charge is 0.242 e. The monoisotopic (exact) mass is 233 g/mol. The maximum atomic E-state index is 3.90. The first-order valence-corrected chi connectivity index (χ1v) is 6.11. The third-order valence-electron chi connectivity index (χ3n) is 2.44. The second kappa shape index (κ2) is 4.70. The summed E-state index contributed by atoms with van der Waals surface area (Å²) in [5.74, 6) is 0.581. The first-order chi connectivity index (χ1) is 7.66. The first-order valence-electron chi connectivity index (χ1n) is 5.29. The molecule has 16 heavy (non-hydrogen) atoms. The van der Waals surface area contributed by atoms with Crippen LogP contribution in [0.3, 0.4) is 0 Å². The second-order valence-electron chi connectivity index (χ2n) is 4.02. The Morgan fingerprint density at radius 3 is 2.38 bits per heavy atom. The van der Waals surface area contributed by atoms with Crippen molar-refractivity contribution in [2.45, 2.75) is 29.7 Å². The zero-order valence-electron chi connectivity index (χ0n) is 9.71. The molecule has 0 atom stereocenters. The third-order valence-corrected chi connectivity index (χ3v) is 3.53. The highest BCUT2D eigenvalue weighted by atomic mass is 32.2. The molecule has 0 fully saturated rings. The number of hydrogen-bond acceptors (Lipinski definition) is 3. The smallest absolute Gasteiger partial charge is 0.119 e. The van der Waals surface area contributed by atoms with Gasteiger partial charge in [-0.05, 0) is 23.6 Å². The van der Waals surface area contributed by atoms with Gasteiger partial charge in [0.15, 0.2) is 0 Å². The van der Waals surface area contributed by atoms with Crippen molar-refractivity contribution in [3.63, 3.8) is 0 Å². The molecule has 0 saturated carbocycles. The fourth-order valence-corrected chi connectivity index (χ4v) is 2.20.